The van der Waals surface area contributed by atoms with Gasteiger partial charge in [-0.05, 0) is 28.9 Å². The minimum Gasteiger partial charge on any atom is -0.336 e. The van der Waals surface area contributed by atoms with Crippen LogP contribution in [0.3, 0.4) is 0 Å². The van der Waals surface area contributed by atoms with Crippen molar-refractivity contribution >= 4 is 27.5 Å². The Morgan fingerprint density at radius 2 is 2.14 bits per heavy atom. The van der Waals surface area contributed by atoms with Crippen LogP contribution in [0.15, 0.2) is 34.9 Å². The molecule has 2 rings (SSSR count). The quantitative estimate of drug-likeness (QED) is 0.601. The normalized spacial score (nSPS) is 10.5. The minimum absolute atomic E-state index is 0.0775. The molecule has 0 radical (unpaired) electrons. The van der Waals surface area contributed by atoms with Gasteiger partial charge >= 0.3 is 0 Å². The van der Waals surface area contributed by atoms with Gasteiger partial charge in [-0.3, -0.25) is 19.6 Å². The lowest BCUT2D eigenvalue weighted by Crippen LogP contribution is -2.28. The summed E-state index contributed by atoms with van der Waals surface area (Å²) in [6.07, 6.45) is 1.67. The van der Waals surface area contributed by atoms with E-state index < -0.39 is 10.8 Å². The predicted molar refractivity (Wildman–Crippen MR) is 84.5 cm³/mol. The summed E-state index contributed by atoms with van der Waals surface area (Å²) in [6, 6.07) is 5.94. The van der Waals surface area contributed by atoms with Crippen LogP contribution < -0.4 is 0 Å². The van der Waals surface area contributed by atoms with Crippen molar-refractivity contribution in [1.29, 1.82) is 0 Å². The number of carbonyl (C=O) groups excluding carboxylic acids is 1. The van der Waals surface area contributed by atoms with E-state index in [-0.39, 0.29) is 11.3 Å². The summed E-state index contributed by atoms with van der Waals surface area (Å²) < 4.78 is 2.57. The van der Waals surface area contributed by atoms with E-state index in [9.17, 15) is 14.9 Å². The lowest BCUT2D eigenvalue weighted by atomic mass is 10.1. The molecule has 0 bridgehead atoms. The number of amides is 1. The molecule has 22 heavy (non-hydrogen) atoms. The van der Waals surface area contributed by atoms with Gasteiger partial charge in [0, 0.05) is 19.7 Å². The van der Waals surface area contributed by atoms with Crippen LogP contribution in [0.25, 0.3) is 0 Å². The van der Waals surface area contributed by atoms with Gasteiger partial charge in [0.1, 0.15) is 5.56 Å². The molecule has 0 saturated heterocycles. The standard InChI is InChI=1S/C14H15BrN4O3/c1-3-18-13(11(15)8-16-18)9-17(2)14(20)10-6-4-5-7-12(10)19(21)22/h4-8H,3,9H2,1-2H3. The second-order valence-corrected chi connectivity index (χ2v) is 5.54. The first kappa shape index (κ1) is 16.2. The third-order valence-electron chi connectivity index (χ3n) is 3.26. The lowest BCUT2D eigenvalue weighted by Gasteiger charge is -2.18. The fourth-order valence-electron chi connectivity index (χ4n) is 2.13. The van der Waals surface area contributed by atoms with Crippen LogP contribution >= 0.6 is 15.9 Å². The molecule has 0 unspecified atom stereocenters. The number of halogens is 1. The Bertz CT molecular complexity index is 714. The minimum atomic E-state index is -0.548. The zero-order valence-electron chi connectivity index (χ0n) is 12.2. The molecule has 0 aliphatic carbocycles. The van der Waals surface area contributed by atoms with E-state index in [1.54, 1.807) is 24.0 Å². The van der Waals surface area contributed by atoms with Crippen LogP contribution in [-0.4, -0.2) is 32.6 Å². The second kappa shape index (κ2) is 6.69. The number of nitro groups is 1. The van der Waals surface area contributed by atoms with Gasteiger partial charge in [0.15, 0.2) is 0 Å². The number of benzene rings is 1. The van der Waals surface area contributed by atoms with E-state index in [4.69, 9.17) is 0 Å². The number of hydrogen-bond acceptors (Lipinski definition) is 4. The highest BCUT2D eigenvalue weighted by Crippen LogP contribution is 2.22. The summed E-state index contributed by atoms with van der Waals surface area (Å²) in [6.45, 7) is 2.93. The van der Waals surface area contributed by atoms with Crippen molar-refractivity contribution in [3.05, 3.63) is 56.3 Å². The number of nitrogens with zero attached hydrogens (tertiary/aromatic N) is 4. The van der Waals surface area contributed by atoms with Crippen molar-refractivity contribution in [2.24, 2.45) is 0 Å². The van der Waals surface area contributed by atoms with E-state index in [2.05, 4.69) is 21.0 Å². The third kappa shape index (κ3) is 3.16. The van der Waals surface area contributed by atoms with Crippen LogP contribution in [0, 0.1) is 10.1 Å². The van der Waals surface area contributed by atoms with Gasteiger partial charge in [-0.15, -0.1) is 0 Å². The monoisotopic (exact) mass is 366 g/mol. The highest BCUT2D eigenvalue weighted by molar-refractivity contribution is 9.10. The maximum Gasteiger partial charge on any atom is 0.282 e. The molecule has 0 spiro atoms. The van der Waals surface area contributed by atoms with Gasteiger partial charge in [0.05, 0.1) is 27.8 Å². The first-order chi connectivity index (χ1) is 10.5. The van der Waals surface area contributed by atoms with Gasteiger partial charge in [0.25, 0.3) is 11.6 Å². The van der Waals surface area contributed by atoms with E-state index in [0.29, 0.717) is 13.1 Å². The van der Waals surface area contributed by atoms with Crippen molar-refractivity contribution in [3.8, 4) is 0 Å². The number of para-hydroxylation sites is 1. The molecule has 0 N–H and O–H groups in total. The molecule has 116 valence electrons. The largest absolute Gasteiger partial charge is 0.336 e. The molecule has 1 aromatic heterocycles. The molecule has 0 fully saturated rings. The molecule has 1 heterocycles. The number of aryl methyl sites for hydroxylation is 1. The smallest absolute Gasteiger partial charge is 0.282 e. The molecule has 0 atom stereocenters. The average Bonchev–Trinajstić information content (AvgIpc) is 2.86. The van der Waals surface area contributed by atoms with E-state index in [1.165, 1.54) is 23.1 Å². The third-order valence-corrected chi connectivity index (χ3v) is 3.92. The van der Waals surface area contributed by atoms with Crippen LogP contribution in [0.4, 0.5) is 5.69 Å². The van der Waals surface area contributed by atoms with Gasteiger partial charge < -0.3 is 4.90 Å². The number of carbonyl (C=O) groups is 1. The predicted octanol–water partition coefficient (Wildman–Crippen LogP) is 2.85. The zero-order valence-corrected chi connectivity index (χ0v) is 13.8. The lowest BCUT2D eigenvalue weighted by molar-refractivity contribution is -0.385. The average molecular weight is 367 g/mol. The highest BCUT2D eigenvalue weighted by Gasteiger charge is 2.23. The molecule has 0 aliphatic heterocycles. The maximum absolute atomic E-state index is 12.5. The van der Waals surface area contributed by atoms with Gasteiger partial charge in [-0.2, -0.15) is 5.10 Å². The summed E-state index contributed by atoms with van der Waals surface area (Å²) in [7, 11) is 1.61. The van der Waals surface area contributed by atoms with Crippen LogP contribution in [-0.2, 0) is 13.1 Å². The first-order valence-corrected chi connectivity index (χ1v) is 7.44. The molecule has 1 amide bonds. The Hall–Kier alpha value is -2.22. The van der Waals surface area contributed by atoms with E-state index in [1.807, 2.05) is 6.92 Å². The van der Waals surface area contributed by atoms with E-state index in [0.717, 1.165) is 10.2 Å². The van der Waals surface area contributed by atoms with E-state index >= 15 is 0 Å². The molecule has 0 saturated carbocycles. The Morgan fingerprint density at radius 3 is 2.77 bits per heavy atom. The van der Waals surface area contributed by atoms with Crippen LogP contribution in [0.2, 0.25) is 0 Å². The highest BCUT2D eigenvalue weighted by atomic mass is 79.9. The Morgan fingerprint density at radius 1 is 1.45 bits per heavy atom. The van der Waals surface area contributed by atoms with Crippen LogP contribution in [0.1, 0.15) is 23.0 Å². The Balaban J connectivity index is 2.27. The molecule has 0 aliphatic rings. The fourth-order valence-corrected chi connectivity index (χ4v) is 2.55. The van der Waals surface area contributed by atoms with Crippen molar-refractivity contribution in [1.82, 2.24) is 14.7 Å². The molecule has 7 nitrogen and oxygen atoms in total. The number of aromatic nitrogens is 2. The molecular formula is C14H15BrN4O3. The van der Waals surface area contributed by atoms with Crippen molar-refractivity contribution in [3.63, 3.8) is 0 Å². The van der Waals surface area contributed by atoms with Gasteiger partial charge in [-0.1, -0.05) is 12.1 Å². The second-order valence-electron chi connectivity index (χ2n) is 4.69. The number of hydrogen-bond donors (Lipinski definition) is 0. The molecule has 1 aromatic carbocycles. The van der Waals surface area contributed by atoms with Crippen molar-refractivity contribution in [2.75, 3.05) is 7.05 Å². The van der Waals surface area contributed by atoms with Gasteiger partial charge in [0.2, 0.25) is 0 Å². The fraction of sp³-hybridized carbons (Fsp3) is 0.286. The summed E-state index contributed by atoms with van der Waals surface area (Å²) in [5.74, 6) is -0.400. The molecule has 2 aromatic rings. The zero-order chi connectivity index (χ0) is 16.3. The molecular weight excluding hydrogens is 352 g/mol. The Kier molecular flexibility index (Phi) is 4.92. The van der Waals surface area contributed by atoms with Crippen molar-refractivity contribution < 1.29 is 9.72 Å². The first-order valence-electron chi connectivity index (χ1n) is 6.64. The maximum atomic E-state index is 12.5. The topological polar surface area (TPSA) is 81.3 Å². The van der Waals surface area contributed by atoms with Crippen molar-refractivity contribution in [2.45, 2.75) is 20.0 Å². The summed E-state index contributed by atoms with van der Waals surface area (Å²) in [5.41, 5.74) is 0.730. The number of nitro benzene ring substituents is 1. The summed E-state index contributed by atoms with van der Waals surface area (Å²) in [5, 5.41) is 15.2. The summed E-state index contributed by atoms with van der Waals surface area (Å²) in [4.78, 5) is 24.4. The Labute approximate surface area is 135 Å². The van der Waals surface area contributed by atoms with Crippen LogP contribution in [0.5, 0.6) is 0 Å². The SMILES string of the molecule is CCn1ncc(Br)c1CN(C)C(=O)c1ccccc1[N+](=O)[O-]. The number of rotatable bonds is 5. The summed E-state index contributed by atoms with van der Waals surface area (Å²) >= 11 is 3.40. The van der Waals surface area contributed by atoms with Gasteiger partial charge in [-0.25, -0.2) is 0 Å². The molecule has 8 heteroatoms.